The summed E-state index contributed by atoms with van der Waals surface area (Å²) in [6.45, 7) is 1.58. The number of carbonyl (C=O) groups excluding carboxylic acids is 10. The van der Waals surface area contributed by atoms with Crippen molar-refractivity contribution in [1.29, 1.82) is 0 Å². The molecular weight excluding hydrogens is 1350 g/mol. The summed E-state index contributed by atoms with van der Waals surface area (Å²) in [7, 11) is 0. The summed E-state index contributed by atoms with van der Waals surface area (Å²) in [6, 6.07) is 59.0. The van der Waals surface area contributed by atoms with Gasteiger partial charge in [-0.2, -0.15) is 0 Å². The van der Waals surface area contributed by atoms with Crippen LogP contribution in [0.2, 0.25) is 0 Å². The average molecular weight is 1440 g/mol. The van der Waals surface area contributed by atoms with E-state index in [1.54, 1.807) is 36.4 Å². The lowest BCUT2D eigenvalue weighted by Gasteiger charge is -2.14. The van der Waals surface area contributed by atoms with Crippen molar-refractivity contribution in [3.8, 4) is 23.7 Å². The number of nitrogens with one attached hydrogen (secondary N) is 1. The van der Waals surface area contributed by atoms with Gasteiger partial charge in [-0.05, 0) is 114 Å². The standard InChI is InChI=1S/C21H17N3O3.C20H21NO5.C20H20O5.C13H15NO4.C4H8N2O2.CH4/c22-18-11-7-16(8-12-18)4-2-1-3-15-5-9-17(10-6-15)20(25)23-19-13-14-24(27)21(19)26;22-19(25-14-16-7-3-1-4-8-16)13-18(11-12-21-24)20(23)26-15-17-9-5-2-6-10-17;21-12-11-18(20(23)25-15-17-9-5-2-6-10-17)13-19(22)24-14-16-7-3-1-4-8-16;15-12(8-11-6-7-14(17)13(11)16)18-9-10-4-2-1-3-5-10;5-3-1-2-6(8)4(3)7;/h5-12,19,27H,13-14,22H2,(H,23,25);1-10,12,18,24H,11,13-15H2;1-10,12,18H,11,13-15H2;1-5,11,17H,6-9H2;3,8H,1-2,5H2;1H4/b;21-12+;;;;. The van der Waals surface area contributed by atoms with Crippen molar-refractivity contribution in [3.63, 3.8) is 0 Å². The number of hydroxylamine groups is 6. The van der Waals surface area contributed by atoms with Gasteiger partial charge in [0.1, 0.15) is 45.4 Å². The van der Waals surface area contributed by atoms with Gasteiger partial charge in [0.25, 0.3) is 17.7 Å². The second-order valence-corrected chi connectivity index (χ2v) is 23.3. The highest BCUT2D eigenvalue weighted by Gasteiger charge is 2.34. The molecule has 0 aromatic heterocycles. The van der Waals surface area contributed by atoms with Crippen molar-refractivity contribution in [3.05, 3.63) is 245 Å². The number of nitrogens with zero attached hydrogens (tertiary/aromatic N) is 4. The third kappa shape index (κ3) is 31.2. The summed E-state index contributed by atoms with van der Waals surface area (Å²) in [5.74, 6) is 5.11. The molecule has 0 spiro atoms. The molecule has 3 saturated heterocycles. The molecule has 105 heavy (non-hydrogen) atoms. The maximum absolute atomic E-state index is 12.3. The van der Waals surface area contributed by atoms with Gasteiger partial charge in [-0.3, -0.25) is 58.8 Å². The molecule has 5 atom stereocenters. The van der Waals surface area contributed by atoms with E-state index < -0.39 is 71.5 Å². The van der Waals surface area contributed by atoms with Gasteiger partial charge in [0.2, 0.25) is 5.91 Å². The lowest BCUT2D eigenvalue weighted by Crippen LogP contribution is -2.40. The van der Waals surface area contributed by atoms with Crippen LogP contribution in [0.1, 0.15) is 108 Å². The van der Waals surface area contributed by atoms with E-state index >= 15 is 0 Å². The monoisotopic (exact) mass is 1440 g/mol. The predicted octanol–water partition coefficient (Wildman–Crippen LogP) is 8.72. The summed E-state index contributed by atoms with van der Waals surface area (Å²) in [5.41, 5.74) is 17.8. The van der Waals surface area contributed by atoms with Crippen LogP contribution in [-0.4, -0.2) is 134 Å². The molecule has 26 heteroatoms. The molecule has 3 heterocycles. The summed E-state index contributed by atoms with van der Waals surface area (Å²) in [4.78, 5) is 116. The number of esters is 5. The first kappa shape index (κ1) is 83.3. The van der Waals surface area contributed by atoms with Crippen LogP contribution in [0.15, 0.2) is 205 Å². The molecule has 0 aliphatic carbocycles. The number of benzene rings is 7. The van der Waals surface area contributed by atoms with Crippen molar-refractivity contribution in [1.82, 2.24) is 20.5 Å². The number of carbonyl (C=O) groups is 10. The number of nitrogens with two attached hydrogens (primary N) is 2. The molecule has 7 aromatic carbocycles. The normalized spacial score (nSPS) is 15.1. The molecule has 10 rings (SSSR count). The summed E-state index contributed by atoms with van der Waals surface area (Å²) in [6.07, 6.45) is 2.94. The van der Waals surface area contributed by atoms with Gasteiger partial charge in [-0.25, -0.2) is 15.2 Å². The number of oxime groups is 1. The summed E-state index contributed by atoms with van der Waals surface area (Å²) < 4.78 is 25.9. The first-order chi connectivity index (χ1) is 50.3. The molecule has 0 bridgehead atoms. The smallest absolute Gasteiger partial charge is 0.310 e. The Kier molecular flexibility index (Phi) is 36.7. The maximum Gasteiger partial charge on any atom is 0.310 e. The molecule has 7 aromatic rings. The van der Waals surface area contributed by atoms with Crippen LogP contribution in [0.3, 0.4) is 0 Å². The highest BCUT2D eigenvalue weighted by atomic mass is 16.6. The maximum atomic E-state index is 12.3. The van der Waals surface area contributed by atoms with E-state index in [2.05, 4.69) is 34.2 Å². The van der Waals surface area contributed by atoms with E-state index in [1.807, 2.05) is 164 Å². The third-order valence-corrected chi connectivity index (χ3v) is 15.5. The van der Waals surface area contributed by atoms with Crippen molar-refractivity contribution in [2.75, 3.05) is 25.4 Å². The van der Waals surface area contributed by atoms with E-state index in [4.69, 9.17) is 50.8 Å². The number of aldehydes is 1. The second kappa shape index (κ2) is 46.2. The van der Waals surface area contributed by atoms with Crippen molar-refractivity contribution >= 4 is 71.7 Å². The number of amides is 4. The minimum atomic E-state index is -0.829. The number of rotatable bonds is 24. The number of ether oxygens (including phenoxy) is 5. The van der Waals surface area contributed by atoms with Crippen LogP contribution in [0.4, 0.5) is 5.69 Å². The Morgan fingerprint density at radius 3 is 1.22 bits per heavy atom. The molecule has 3 aliphatic rings. The quantitative estimate of drug-likeness (QED) is 0.00342. The lowest BCUT2D eigenvalue weighted by molar-refractivity contribution is -0.162. The molecule has 5 unspecified atom stereocenters. The zero-order valence-corrected chi connectivity index (χ0v) is 56.8. The molecule has 9 N–H and O–H groups in total. The molecule has 3 aliphatic heterocycles. The minimum absolute atomic E-state index is 0. The SMILES string of the molecule is C.NC1CCN(O)C1=O.Nc1ccc(C#CC#Cc2ccc(C(=O)NC3CCN(O)C3=O)cc2)cc1.O=C(CC(C/C=N/O)C(=O)OCc1ccccc1)OCc1ccccc1.O=C(CC1CCN(O)C1=O)OCc1ccccc1.O=CCC(CC(=O)OCc1ccccc1)C(=O)OCc1ccccc1. The Balaban J connectivity index is 0.000000243. The first-order valence-electron chi connectivity index (χ1n) is 32.9. The molecule has 0 radical (unpaired) electrons. The van der Waals surface area contributed by atoms with Gasteiger partial charge >= 0.3 is 29.8 Å². The fraction of sp³-hybridized carbons (Fsp3) is 0.278. The summed E-state index contributed by atoms with van der Waals surface area (Å²) >= 11 is 0. The zero-order chi connectivity index (χ0) is 74.9. The molecule has 3 fully saturated rings. The Hall–Kier alpha value is -12.3. The number of hydrogen-bond acceptors (Lipinski definition) is 22. The highest BCUT2D eigenvalue weighted by Crippen LogP contribution is 2.21. The molecule has 550 valence electrons. The molecular formula is C79H85N7O19. The zero-order valence-electron chi connectivity index (χ0n) is 56.8. The Morgan fingerprint density at radius 1 is 0.495 bits per heavy atom. The van der Waals surface area contributed by atoms with Crippen LogP contribution < -0.4 is 16.8 Å². The lowest BCUT2D eigenvalue weighted by atomic mass is 10.0. The Labute approximate surface area is 608 Å². The number of hydrogen-bond donors (Lipinski definition) is 7. The predicted molar refractivity (Wildman–Crippen MR) is 382 cm³/mol. The Bertz CT molecular complexity index is 4050. The van der Waals surface area contributed by atoms with Gasteiger partial charge in [0.05, 0.1) is 56.1 Å². The van der Waals surface area contributed by atoms with Crippen molar-refractivity contribution < 1.29 is 92.5 Å². The van der Waals surface area contributed by atoms with E-state index in [-0.39, 0.29) is 97.5 Å². The molecule has 0 saturated carbocycles. The van der Waals surface area contributed by atoms with E-state index in [1.165, 1.54) is 6.21 Å². The van der Waals surface area contributed by atoms with Crippen molar-refractivity contribution in [2.45, 2.75) is 104 Å². The van der Waals surface area contributed by atoms with Crippen LogP contribution in [0.25, 0.3) is 0 Å². The van der Waals surface area contributed by atoms with Gasteiger partial charge in [-0.15, -0.1) is 5.16 Å². The van der Waals surface area contributed by atoms with Gasteiger partial charge in [0, 0.05) is 41.6 Å². The third-order valence-electron chi connectivity index (χ3n) is 15.5. The highest BCUT2D eigenvalue weighted by molar-refractivity contribution is 5.98. The number of nitrogen functional groups attached to an aromatic ring is 1. The van der Waals surface area contributed by atoms with E-state index in [0.717, 1.165) is 38.9 Å². The molecule has 4 amide bonds. The topological polar surface area (TPSA) is 384 Å². The Morgan fingerprint density at radius 2 is 0.867 bits per heavy atom. The van der Waals surface area contributed by atoms with Gasteiger partial charge in [-0.1, -0.05) is 171 Å². The van der Waals surface area contributed by atoms with Crippen LogP contribution in [0, 0.1) is 41.4 Å². The summed E-state index contributed by atoms with van der Waals surface area (Å²) in [5, 5.41) is 43.0. The minimum Gasteiger partial charge on any atom is -0.461 e. The fourth-order valence-corrected chi connectivity index (χ4v) is 9.62. The van der Waals surface area contributed by atoms with Crippen molar-refractivity contribution in [2.24, 2.45) is 28.6 Å². The second-order valence-electron chi connectivity index (χ2n) is 23.3. The first-order valence-corrected chi connectivity index (χ1v) is 32.9. The molecule has 26 nitrogen and oxygen atoms in total. The fourth-order valence-electron chi connectivity index (χ4n) is 9.62. The number of anilines is 1. The van der Waals surface area contributed by atoms with E-state index in [0.29, 0.717) is 58.5 Å². The van der Waals surface area contributed by atoms with Crippen LogP contribution in [-0.2, 0) is 99.9 Å². The van der Waals surface area contributed by atoms with Crippen LogP contribution in [0.5, 0.6) is 0 Å². The largest absolute Gasteiger partial charge is 0.461 e. The van der Waals surface area contributed by atoms with Crippen LogP contribution >= 0.6 is 0 Å². The van der Waals surface area contributed by atoms with Gasteiger partial charge in [0.15, 0.2) is 0 Å². The van der Waals surface area contributed by atoms with E-state index in [9.17, 15) is 53.2 Å². The van der Waals surface area contributed by atoms with Gasteiger partial charge < -0.3 is 50.5 Å². The average Bonchev–Trinajstić information content (AvgIpc) is 1.77.